The molecule has 0 bridgehead atoms. The number of amides is 1. The molecule has 0 saturated heterocycles. The summed E-state index contributed by atoms with van der Waals surface area (Å²) in [5.74, 6) is -0.628. The van der Waals surface area contributed by atoms with Gasteiger partial charge >= 0.3 is 6.18 Å². The van der Waals surface area contributed by atoms with Crippen LogP contribution < -0.4 is 14.4 Å². The highest BCUT2D eigenvalue weighted by Crippen LogP contribution is 2.36. The fourth-order valence-electron chi connectivity index (χ4n) is 2.91. The number of hydrogen-bond acceptors (Lipinski definition) is 4. The third kappa shape index (κ3) is 4.22. The van der Waals surface area contributed by atoms with Crippen molar-refractivity contribution in [2.75, 3.05) is 22.4 Å². The van der Waals surface area contributed by atoms with Gasteiger partial charge in [-0.1, -0.05) is 24.3 Å². The molecule has 2 aromatic rings. The second-order valence-corrected chi connectivity index (χ2v) is 8.14. The highest BCUT2D eigenvalue weighted by molar-refractivity contribution is 7.92. The van der Waals surface area contributed by atoms with E-state index < -0.39 is 33.8 Å². The lowest BCUT2D eigenvalue weighted by Crippen LogP contribution is -2.36. The average molecular weight is 414 g/mol. The van der Waals surface area contributed by atoms with Crippen LogP contribution in [0.5, 0.6) is 5.75 Å². The second kappa shape index (κ2) is 7.34. The van der Waals surface area contributed by atoms with Crippen molar-refractivity contribution in [2.45, 2.75) is 18.7 Å². The summed E-state index contributed by atoms with van der Waals surface area (Å²) in [6.07, 6.45) is -4.78. The number of alkyl halides is 3. The second-order valence-electron chi connectivity index (χ2n) is 6.23. The van der Waals surface area contributed by atoms with Crippen molar-refractivity contribution in [3.8, 4) is 5.75 Å². The maximum atomic E-state index is 13.1. The Bertz CT molecular complexity index is 992. The van der Waals surface area contributed by atoms with E-state index in [4.69, 9.17) is 4.74 Å². The Balaban J connectivity index is 1.88. The predicted molar refractivity (Wildman–Crippen MR) is 97.7 cm³/mol. The van der Waals surface area contributed by atoms with Crippen molar-refractivity contribution in [1.29, 1.82) is 0 Å². The standard InChI is InChI=1S/C18H17F3N2O4S/c1-28(25,26)23-11-10-16(27-15-9-5-4-8-14(15)23)17(24)22-13-7-3-2-6-12(13)18(19,20)21/h2-9,16H,10-11H2,1H3,(H,22,24)/t16-/m1/s1. The van der Waals surface area contributed by atoms with Gasteiger partial charge in [-0.2, -0.15) is 13.2 Å². The van der Waals surface area contributed by atoms with Crippen LogP contribution in [0.2, 0.25) is 0 Å². The number of fused-ring (bicyclic) bond motifs is 1. The van der Waals surface area contributed by atoms with Crippen molar-refractivity contribution in [2.24, 2.45) is 0 Å². The number of benzene rings is 2. The zero-order chi connectivity index (χ0) is 20.5. The molecule has 150 valence electrons. The molecule has 2 aromatic carbocycles. The van der Waals surface area contributed by atoms with Gasteiger partial charge in [0, 0.05) is 13.0 Å². The summed E-state index contributed by atoms with van der Waals surface area (Å²) in [6, 6.07) is 10.9. The van der Waals surface area contributed by atoms with Gasteiger partial charge in [0.25, 0.3) is 5.91 Å². The largest absolute Gasteiger partial charge is 0.478 e. The number of anilines is 2. The number of halogens is 3. The molecule has 3 rings (SSSR count). The van der Waals surface area contributed by atoms with Gasteiger partial charge in [0.15, 0.2) is 6.10 Å². The molecule has 1 aliphatic heterocycles. The van der Waals surface area contributed by atoms with Crippen molar-refractivity contribution in [3.05, 3.63) is 54.1 Å². The Morgan fingerprint density at radius 3 is 2.46 bits per heavy atom. The van der Waals surface area contributed by atoms with Crippen LogP contribution in [0.3, 0.4) is 0 Å². The first-order chi connectivity index (χ1) is 13.1. The van der Waals surface area contributed by atoms with E-state index in [9.17, 15) is 26.4 Å². The van der Waals surface area contributed by atoms with Crippen LogP contribution in [0.1, 0.15) is 12.0 Å². The molecule has 0 unspecified atom stereocenters. The van der Waals surface area contributed by atoms with Crippen LogP contribution in [0.4, 0.5) is 24.5 Å². The van der Waals surface area contributed by atoms with E-state index in [1.54, 1.807) is 12.1 Å². The third-order valence-electron chi connectivity index (χ3n) is 4.18. The minimum atomic E-state index is -4.63. The molecule has 0 saturated carbocycles. The highest BCUT2D eigenvalue weighted by atomic mass is 32.2. The number of carbonyl (C=O) groups is 1. The zero-order valence-corrected chi connectivity index (χ0v) is 15.5. The van der Waals surface area contributed by atoms with Gasteiger partial charge < -0.3 is 10.1 Å². The molecule has 10 heteroatoms. The Kier molecular flexibility index (Phi) is 5.24. The summed E-state index contributed by atoms with van der Waals surface area (Å²) >= 11 is 0. The van der Waals surface area contributed by atoms with Crippen LogP contribution >= 0.6 is 0 Å². The van der Waals surface area contributed by atoms with E-state index in [0.29, 0.717) is 0 Å². The minimum absolute atomic E-state index is 0.0260. The van der Waals surface area contributed by atoms with Crippen molar-refractivity contribution in [3.63, 3.8) is 0 Å². The summed E-state index contributed by atoms with van der Waals surface area (Å²) in [6.45, 7) is -0.0468. The van der Waals surface area contributed by atoms with Crippen LogP contribution in [0.15, 0.2) is 48.5 Å². The van der Waals surface area contributed by atoms with E-state index in [1.807, 2.05) is 0 Å². The van der Waals surface area contributed by atoms with Gasteiger partial charge in [-0.25, -0.2) is 8.42 Å². The number of carbonyl (C=O) groups excluding carboxylic acids is 1. The van der Waals surface area contributed by atoms with Gasteiger partial charge in [0.2, 0.25) is 10.0 Å². The smallest absolute Gasteiger partial charge is 0.418 e. The normalized spacial score (nSPS) is 17.3. The maximum absolute atomic E-state index is 13.1. The lowest BCUT2D eigenvalue weighted by atomic mass is 10.1. The Morgan fingerprint density at radius 2 is 1.79 bits per heavy atom. The van der Waals surface area contributed by atoms with Crippen LogP contribution in [-0.2, 0) is 21.0 Å². The molecule has 6 nitrogen and oxygen atoms in total. The summed E-state index contributed by atoms with van der Waals surface area (Å²) in [4.78, 5) is 12.6. The molecule has 28 heavy (non-hydrogen) atoms. The number of hydrogen-bond donors (Lipinski definition) is 1. The van der Waals surface area contributed by atoms with Crippen molar-refractivity contribution < 1.29 is 31.1 Å². The molecular weight excluding hydrogens is 397 g/mol. The first-order valence-electron chi connectivity index (χ1n) is 8.28. The van der Waals surface area contributed by atoms with Crippen LogP contribution in [0, 0.1) is 0 Å². The molecule has 0 spiro atoms. The summed E-state index contributed by atoms with van der Waals surface area (Å²) < 4.78 is 70.3. The molecule has 1 atom stereocenters. The molecular formula is C18H17F3N2O4S. The monoisotopic (exact) mass is 414 g/mol. The molecule has 0 radical (unpaired) electrons. The summed E-state index contributed by atoms with van der Waals surface area (Å²) in [5, 5.41) is 2.25. The highest BCUT2D eigenvalue weighted by Gasteiger charge is 2.35. The molecule has 0 aliphatic carbocycles. The number of rotatable bonds is 3. The number of nitrogens with zero attached hydrogens (tertiary/aromatic N) is 1. The number of ether oxygens (including phenoxy) is 1. The fourth-order valence-corrected chi connectivity index (χ4v) is 3.86. The molecule has 1 aliphatic rings. The quantitative estimate of drug-likeness (QED) is 0.837. The number of sulfonamides is 1. The molecule has 1 amide bonds. The van der Waals surface area contributed by atoms with E-state index in [0.717, 1.165) is 22.7 Å². The lowest BCUT2D eigenvalue weighted by Gasteiger charge is -2.20. The Hall–Kier alpha value is -2.75. The molecule has 0 aromatic heterocycles. The molecule has 1 heterocycles. The van der Waals surface area contributed by atoms with Gasteiger partial charge in [0.05, 0.1) is 23.2 Å². The average Bonchev–Trinajstić information content (AvgIpc) is 2.80. The summed E-state index contributed by atoms with van der Waals surface area (Å²) in [5.41, 5.74) is -1.09. The van der Waals surface area contributed by atoms with E-state index in [2.05, 4.69) is 5.32 Å². The fraction of sp³-hybridized carbons (Fsp3) is 0.278. The van der Waals surface area contributed by atoms with E-state index >= 15 is 0 Å². The Labute approximate surface area is 160 Å². The topological polar surface area (TPSA) is 75.7 Å². The SMILES string of the molecule is CS(=O)(=O)N1CC[C@H](C(=O)Nc2ccccc2C(F)(F)F)Oc2ccccc21. The van der Waals surface area contributed by atoms with Crippen LogP contribution in [-0.4, -0.2) is 33.2 Å². The van der Waals surface area contributed by atoms with Gasteiger partial charge in [-0.3, -0.25) is 9.10 Å². The first kappa shape index (κ1) is 20.0. The number of nitrogens with one attached hydrogen (secondary N) is 1. The van der Waals surface area contributed by atoms with Gasteiger partial charge in [-0.15, -0.1) is 0 Å². The molecule has 1 N–H and O–H groups in total. The van der Waals surface area contributed by atoms with Crippen molar-refractivity contribution in [1.82, 2.24) is 0 Å². The Morgan fingerprint density at radius 1 is 1.14 bits per heavy atom. The van der Waals surface area contributed by atoms with Crippen LogP contribution in [0.25, 0.3) is 0 Å². The number of para-hydroxylation sites is 3. The third-order valence-corrected chi connectivity index (χ3v) is 5.36. The minimum Gasteiger partial charge on any atom is -0.478 e. The van der Waals surface area contributed by atoms with Gasteiger partial charge in [-0.05, 0) is 24.3 Å². The van der Waals surface area contributed by atoms with Gasteiger partial charge in [0.1, 0.15) is 5.75 Å². The zero-order valence-electron chi connectivity index (χ0n) is 14.7. The maximum Gasteiger partial charge on any atom is 0.418 e. The van der Waals surface area contributed by atoms with E-state index in [1.165, 1.54) is 24.3 Å². The summed E-state index contributed by atoms with van der Waals surface area (Å²) in [7, 11) is -3.62. The predicted octanol–water partition coefficient (Wildman–Crippen LogP) is 3.26. The lowest BCUT2D eigenvalue weighted by molar-refractivity contribution is -0.137. The van der Waals surface area contributed by atoms with E-state index in [-0.39, 0.29) is 30.1 Å². The molecule has 0 fully saturated rings. The first-order valence-corrected chi connectivity index (χ1v) is 10.1. The van der Waals surface area contributed by atoms with Crippen molar-refractivity contribution >= 4 is 27.3 Å².